The van der Waals surface area contributed by atoms with Crippen molar-refractivity contribution in [3.05, 3.63) is 54.1 Å². The summed E-state index contributed by atoms with van der Waals surface area (Å²) in [6.45, 7) is 3.90. The molecule has 0 aromatic heterocycles. The van der Waals surface area contributed by atoms with E-state index < -0.39 is 0 Å². The minimum Gasteiger partial charge on any atom is -0.0984 e. The smallest absolute Gasteiger partial charge is 0.00313 e. The number of hydrogen-bond donors (Lipinski definition) is 0. The highest BCUT2D eigenvalue weighted by Crippen LogP contribution is 2.25. The van der Waals surface area contributed by atoms with Crippen LogP contribution in [0.5, 0.6) is 0 Å². The molecule has 0 heterocycles. The summed E-state index contributed by atoms with van der Waals surface area (Å²) in [6, 6.07) is 13.1. The van der Waals surface area contributed by atoms with Crippen LogP contribution in [0.15, 0.2) is 43.0 Å². The van der Waals surface area contributed by atoms with Gasteiger partial charge in [0.25, 0.3) is 0 Å². The zero-order valence-electron chi connectivity index (χ0n) is 11.4. The Hall–Kier alpha value is -1.08. The zero-order chi connectivity index (χ0) is 13.5. The predicted molar refractivity (Wildman–Crippen MR) is 90.0 cm³/mol. The molecule has 2 aromatic rings. The number of fused-ring (bicyclic) bond motifs is 1. The Morgan fingerprint density at radius 1 is 0.895 bits per heavy atom. The lowest BCUT2D eigenvalue weighted by Gasteiger charge is -2.09. The normalized spacial score (nSPS) is 10.8. The summed E-state index contributed by atoms with van der Waals surface area (Å²) in [7, 11) is 0. The van der Waals surface area contributed by atoms with Gasteiger partial charge in [0.15, 0.2) is 0 Å². The van der Waals surface area contributed by atoms with E-state index in [4.69, 9.17) is 0 Å². The van der Waals surface area contributed by atoms with E-state index in [-0.39, 0.29) is 0 Å². The molecule has 0 aliphatic rings. The molecule has 0 unspecified atom stereocenters. The van der Waals surface area contributed by atoms with Crippen molar-refractivity contribution in [3.8, 4) is 0 Å². The van der Waals surface area contributed by atoms with Crippen LogP contribution in [0.2, 0.25) is 0 Å². The van der Waals surface area contributed by atoms with Gasteiger partial charge in [-0.2, -0.15) is 0 Å². The fourth-order valence-electron chi connectivity index (χ4n) is 2.54. The molecule has 0 spiro atoms. The van der Waals surface area contributed by atoms with Crippen LogP contribution in [-0.2, 0) is 6.42 Å². The summed E-state index contributed by atoms with van der Waals surface area (Å²) >= 11 is 3.49. The maximum Gasteiger partial charge on any atom is 0.00313 e. The van der Waals surface area contributed by atoms with E-state index in [0.717, 1.165) is 5.33 Å². The minimum absolute atomic E-state index is 1.13. The van der Waals surface area contributed by atoms with E-state index in [0.29, 0.717) is 0 Å². The van der Waals surface area contributed by atoms with E-state index in [2.05, 4.69) is 58.9 Å². The van der Waals surface area contributed by atoms with Gasteiger partial charge >= 0.3 is 0 Å². The van der Waals surface area contributed by atoms with Gasteiger partial charge in [0.1, 0.15) is 0 Å². The average molecular weight is 317 g/mol. The van der Waals surface area contributed by atoms with Gasteiger partial charge in [-0.05, 0) is 41.2 Å². The molecule has 1 heteroatoms. The van der Waals surface area contributed by atoms with Crippen molar-refractivity contribution in [2.24, 2.45) is 0 Å². The molecular weight excluding hydrogens is 296 g/mol. The van der Waals surface area contributed by atoms with Crippen LogP contribution in [0, 0.1) is 0 Å². The van der Waals surface area contributed by atoms with Gasteiger partial charge in [-0.1, -0.05) is 77.8 Å². The number of aryl methyl sites for hydroxylation is 1. The minimum atomic E-state index is 1.13. The molecule has 19 heavy (non-hydrogen) atoms. The average Bonchev–Trinajstić information content (AvgIpc) is 2.47. The van der Waals surface area contributed by atoms with Crippen molar-refractivity contribution in [1.29, 1.82) is 0 Å². The molecule has 0 fully saturated rings. The highest BCUT2D eigenvalue weighted by Gasteiger charge is 2.03. The highest BCUT2D eigenvalue weighted by atomic mass is 79.9. The molecule has 0 amide bonds. The first-order valence-corrected chi connectivity index (χ1v) is 8.18. The summed E-state index contributed by atoms with van der Waals surface area (Å²) in [6.07, 6.45) is 8.35. The Labute approximate surface area is 124 Å². The Morgan fingerprint density at radius 3 is 2.37 bits per heavy atom. The molecule has 0 saturated carbocycles. The molecule has 0 bridgehead atoms. The van der Waals surface area contributed by atoms with Crippen LogP contribution in [0.25, 0.3) is 16.8 Å². The molecule has 0 aliphatic heterocycles. The van der Waals surface area contributed by atoms with Crippen LogP contribution < -0.4 is 0 Å². The fourth-order valence-corrected chi connectivity index (χ4v) is 2.94. The van der Waals surface area contributed by atoms with Crippen molar-refractivity contribution >= 4 is 32.8 Å². The maximum atomic E-state index is 3.90. The lowest BCUT2D eigenvalue weighted by molar-refractivity contribution is 0.673. The summed E-state index contributed by atoms with van der Waals surface area (Å²) in [4.78, 5) is 0. The number of rotatable bonds is 7. The van der Waals surface area contributed by atoms with Crippen LogP contribution in [0.3, 0.4) is 0 Å². The first-order valence-electron chi connectivity index (χ1n) is 7.06. The number of halogens is 1. The summed E-state index contributed by atoms with van der Waals surface area (Å²) in [5.41, 5.74) is 2.71. The van der Waals surface area contributed by atoms with E-state index in [9.17, 15) is 0 Å². The standard InChI is InChI=1S/C18H21Br/c1-2-15-12-13-16(9-5-3-4-8-14-19)18-11-7-6-10-17(15)18/h2,6-7,10-13H,1,3-5,8-9,14H2. The van der Waals surface area contributed by atoms with Gasteiger partial charge in [-0.15, -0.1) is 0 Å². The van der Waals surface area contributed by atoms with Gasteiger partial charge < -0.3 is 0 Å². The quantitative estimate of drug-likeness (QED) is 0.435. The lowest BCUT2D eigenvalue weighted by atomic mass is 9.96. The van der Waals surface area contributed by atoms with E-state index in [1.54, 1.807) is 0 Å². The molecule has 2 aromatic carbocycles. The summed E-state index contributed by atoms with van der Waals surface area (Å²) < 4.78 is 0. The number of benzene rings is 2. The van der Waals surface area contributed by atoms with Crippen LogP contribution in [-0.4, -0.2) is 5.33 Å². The van der Waals surface area contributed by atoms with E-state index >= 15 is 0 Å². The molecule has 0 atom stereocenters. The second-order valence-electron chi connectivity index (χ2n) is 4.92. The van der Waals surface area contributed by atoms with Crippen LogP contribution in [0.1, 0.15) is 36.8 Å². The fraction of sp³-hybridized carbons (Fsp3) is 0.333. The van der Waals surface area contributed by atoms with Gasteiger partial charge in [0, 0.05) is 5.33 Å². The third-order valence-corrected chi connectivity index (χ3v) is 4.16. The summed E-state index contributed by atoms with van der Waals surface area (Å²) in [5.74, 6) is 0. The van der Waals surface area contributed by atoms with Gasteiger partial charge in [0.05, 0.1) is 0 Å². The number of alkyl halides is 1. The molecule has 0 N–H and O–H groups in total. The SMILES string of the molecule is C=Cc1ccc(CCCCCCBr)c2ccccc12. The Bertz CT molecular complexity index is 542. The lowest BCUT2D eigenvalue weighted by Crippen LogP contribution is -1.90. The van der Waals surface area contributed by atoms with Crippen LogP contribution in [0.4, 0.5) is 0 Å². The number of unbranched alkanes of at least 4 members (excludes halogenated alkanes) is 3. The Kier molecular flexibility index (Phi) is 5.65. The van der Waals surface area contributed by atoms with E-state index in [1.807, 2.05) is 6.08 Å². The van der Waals surface area contributed by atoms with Crippen molar-refractivity contribution in [1.82, 2.24) is 0 Å². The largest absolute Gasteiger partial charge is 0.0984 e. The molecule has 0 nitrogen and oxygen atoms in total. The molecule has 0 aliphatic carbocycles. The second kappa shape index (κ2) is 7.49. The molecular formula is C18H21Br. The third-order valence-electron chi connectivity index (χ3n) is 3.60. The first kappa shape index (κ1) is 14.3. The molecule has 0 radical (unpaired) electrons. The third kappa shape index (κ3) is 3.70. The van der Waals surface area contributed by atoms with Gasteiger partial charge in [-0.3, -0.25) is 0 Å². The monoisotopic (exact) mass is 316 g/mol. The molecule has 100 valence electrons. The second-order valence-corrected chi connectivity index (χ2v) is 5.71. The van der Waals surface area contributed by atoms with Gasteiger partial charge in [0.2, 0.25) is 0 Å². The number of hydrogen-bond acceptors (Lipinski definition) is 0. The molecule has 0 saturated heterocycles. The molecule has 2 rings (SSSR count). The van der Waals surface area contributed by atoms with Crippen molar-refractivity contribution < 1.29 is 0 Å². The van der Waals surface area contributed by atoms with E-state index in [1.165, 1.54) is 54.0 Å². The Balaban J connectivity index is 2.13. The first-order chi connectivity index (χ1) is 9.36. The highest BCUT2D eigenvalue weighted by molar-refractivity contribution is 9.09. The van der Waals surface area contributed by atoms with Crippen molar-refractivity contribution in [2.75, 3.05) is 5.33 Å². The van der Waals surface area contributed by atoms with Crippen LogP contribution >= 0.6 is 15.9 Å². The Morgan fingerprint density at radius 2 is 1.63 bits per heavy atom. The van der Waals surface area contributed by atoms with Crippen molar-refractivity contribution in [3.63, 3.8) is 0 Å². The topological polar surface area (TPSA) is 0 Å². The predicted octanol–water partition coefficient (Wildman–Crippen LogP) is 5.98. The summed E-state index contributed by atoms with van der Waals surface area (Å²) in [5, 5.41) is 3.85. The van der Waals surface area contributed by atoms with Gasteiger partial charge in [-0.25, -0.2) is 0 Å². The zero-order valence-corrected chi connectivity index (χ0v) is 13.0. The maximum absolute atomic E-state index is 3.90. The van der Waals surface area contributed by atoms with Crippen molar-refractivity contribution in [2.45, 2.75) is 32.1 Å².